The highest BCUT2D eigenvalue weighted by molar-refractivity contribution is 5.79. The van der Waals surface area contributed by atoms with E-state index in [4.69, 9.17) is 5.73 Å². The van der Waals surface area contributed by atoms with E-state index in [0.29, 0.717) is 23.6 Å². The van der Waals surface area contributed by atoms with E-state index >= 15 is 0 Å². The largest absolute Gasteiger partial charge is 0.381 e. The van der Waals surface area contributed by atoms with Gasteiger partial charge in [0.15, 0.2) is 11.6 Å². The molecule has 0 bridgehead atoms. The lowest BCUT2D eigenvalue weighted by atomic mass is 9.95. The van der Waals surface area contributed by atoms with Crippen molar-refractivity contribution in [3.63, 3.8) is 0 Å². The highest BCUT2D eigenvalue weighted by Gasteiger charge is 2.15. The first-order valence-corrected chi connectivity index (χ1v) is 6.94. The molecule has 1 aromatic heterocycles. The van der Waals surface area contributed by atoms with Crippen molar-refractivity contribution in [3.05, 3.63) is 24.3 Å². The molecule has 4 heteroatoms. The lowest BCUT2D eigenvalue weighted by Gasteiger charge is -2.23. The number of anilines is 2. The number of nitrogens with zero attached hydrogens (tertiary/aromatic N) is 2. The van der Waals surface area contributed by atoms with Crippen molar-refractivity contribution < 1.29 is 0 Å². The standard InChI is InChI=1S/C15H22N4/c1-4-11(5-2)10(3)17-15-14(16)18-12-8-6-7-9-13(12)19-15/h6-11H,4-5H2,1-3H3,(H2,16,18)(H,17,19). The van der Waals surface area contributed by atoms with Crippen LogP contribution in [0.1, 0.15) is 33.6 Å². The van der Waals surface area contributed by atoms with Crippen LogP contribution in [0.4, 0.5) is 11.6 Å². The summed E-state index contributed by atoms with van der Waals surface area (Å²) in [6, 6.07) is 8.12. The molecule has 1 aromatic carbocycles. The predicted molar refractivity (Wildman–Crippen MR) is 81.1 cm³/mol. The molecule has 19 heavy (non-hydrogen) atoms. The van der Waals surface area contributed by atoms with Gasteiger partial charge in [-0.25, -0.2) is 9.97 Å². The summed E-state index contributed by atoms with van der Waals surface area (Å²) >= 11 is 0. The van der Waals surface area contributed by atoms with E-state index in [1.54, 1.807) is 0 Å². The topological polar surface area (TPSA) is 63.8 Å². The maximum atomic E-state index is 5.98. The molecule has 0 spiro atoms. The van der Waals surface area contributed by atoms with Gasteiger partial charge in [-0.1, -0.05) is 38.8 Å². The Kier molecular flexibility index (Phi) is 4.20. The van der Waals surface area contributed by atoms with Gasteiger partial charge in [0.25, 0.3) is 0 Å². The first-order valence-electron chi connectivity index (χ1n) is 6.94. The molecule has 0 aliphatic carbocycles. The number of nitrogens with two attached hydrogens (primary N) is 1. The zero-order valence-corrected chi connectivity index (χ0v) is 11.9. The Bertz CT molecular complexity index is 549. The number of fused-ring (bicyclic) bond motifs is 1. The van der Waals surface area contributed by atoms with E-state index in [1.165, 1.54) is 0 Å². The van der Waals surface area contributed by atoms with Gasteiger partial charge < -0.3 is 11.1 Å². The van der Waals surface area contributed by atoms with E-state index in [0.717, 1.165) is 23.9 Å². The minimum absolute atomic E-state index is 0.341. The van der Waals surface area contributed by atoms with Crippen LogP contribution in [0, 0.1) is 5.92 Å². The number of benzene rings is 1. The molecule has 2 rings (SSSR count). The van der Waals surface area contributed by atoms with E-state index in [1.807, 2.05) is 24.3 Å². The average molecular weight is 258 g/mol. The zero-order chi connectivity index (χ0) is 13.8. The smallest absolute Gasteiger partial charge is 0.169 e. The number of aromatic nitrogens is 2. The van der Waals surface area contributed by atoms with Gasteiger partial charge >= 0.3 is 0 Å². The van der Waals surface area contributed by atoms with Gasteiger partial charge in [0.05, 0.1) is 11.0 Å². The minimum atomic E-state index is 0.341. The maximum absolute atomic E-state index is 5.98. The monoisotopic (exact) mass is 258 g/mol. The van der Waals surface area contributed by atoms with Gasteiger partial charge in [-0.2, -0.15) is 0 Å². The molecule has 102 valence electrons. The fraction of sp³-hybridized carbons (Fsp3) is 0.467. The van der Waals surface area contributed by atoms with Gasteiger partial charge in [0.1, 0.15) is 0 Å². The quantitative estimate of drug-likeness (QED) is 0.862. The third-order valence-electron chi connectivity index (χ3n) is 3.72. The fourth-order valence-corrected chi connectivity index (χ4v) is 2.45. The van der Waals surface area contributed by atoms with Crippen LogP contribution in [0.25, 0.3) is 11.0 Å². The van der Waals surface area contributed by atoms with E-state index in [9.17, 15) is 0 Å². The van der Waals surface area contributed by atoms with Crippen molar-refractivity contribution in [3.8, 4) is 0 Å². The number of para-hydroxylation sites is 2. The van der Waals surface area contributed by atoms with Crippen LogP contribution in [0.15, 0.2) is 24.3 Å². The third-order valence-corrected chi connectivity index (χ3v) is 3.72. The Morgan fingerprint density at radius 2 is 1.68 bits per heavy atom. The van der Waals surface area contributed by atoms with Gasteiger partial charge in [-0.3, -0.25) is 0 Å². The van der Waals surface area contributed by atoms with Gasteiger partial charge in [-0.15, -0.1) is 0 Å². The molecule has 1 unspecified atom stereocenters. The van der Waals surface area contributed by atoms with Crippen LogP contribution < -0.4 is 11.1 Å². The molecule has 1 atom stereocenters. The fourth-order valence-electron chi connectivity index (χ4n) is 2.45. The Hall–Kier alpha value is -1.84. The molecule has 0 aliphatic rings. The minimum Gasteiger partial charge on any atom is -0.381 e. The first kappa shape index (κ1) is 13.6. The van der Waals surface area contributed by atoms with Crippen molar-refractivity contribution in [2.24, 2.45) is 5.92 Å². The summed E-state index contributed by atoms with van der Waals surface area (Å²) in [4.78, 5) is 8.96. The van der Waals surface area contributed by atoms with Gasteiger partial charge in [0.2, 0.25) is 0 Å². The second-order valence-electron chi connectivity index (χ2n) is 4.96. The molecule has 0 saturated heterocycles. The Morgan fingerprint density at radius 3 is 2.26 bits per heavy atom. The number of hydrogen-bond donors (Lipinski definition) is 2. The molecule has 0 saturated carbocycles. The molecule has 2 aromatic rings. The van der Waals surface area contributed by atoms with Crippen LogP contribution in [-0.2, 0) is 0 Å². The molecular weight excluding hydrogens is 236 g/mol. The third kappa shape index (κ3) is 2.95. The molecule has 0 fully saturated rings. The average Bonchev–Trinajstić information content (AvgIpc) is 2.41. The Morgan fingerprint density at radius 1 is 1.11 bits per heavy atom. The van der Waals surface area contributed by atoms with Crippen molar-refractivity contribution in [1.29, 1.82) is 0 Å². The molecule has 4 nitrogen and oxygen atoms in total. The molecule has 0 amide bonds. The van der Waals surface area contributed by atoms with Gasteiger partial charge in [-0.05, 0) is 25.0 Å². The summed E-state index contributed by atoms with van der Waals surface area (Å²) in [6.45, 7) is 6.59. The summed E-state index contributed by atoms with van der Waals surface area (Å²) in [5.41, 5.74) is 7.69. The molecule has 3 N–H and O–H groups in total. The lowest BCUT2D eigenvalue weighted by molar-refractivity contribution is 0.437. The molecule has 0 radical (unpaired) electrons. The van der Waals surface area contributed by atoms with Crippen LogP contribution >= 0.6 is 0 Å². The first-order chi connectivity index (χ1) is 9.15. The van der Waals surface area contributed by atoms with Crippen molar-refractivity contribution in [1.82, 2.24) is 9.97 Å². The molecule has 1 heterocycles. The highest BCUT2D eigenvalue weighted by atomic mass is 15.1. The molecule has 0 aliphatic heterocycles. The Labute approximate surface area is 114 Å². The van der Waals surface area contributed by atoms with Crippen LogP contribution in [-0.4, -0.2) is 16.0 Å². The maximum Gasteiger partial charge on any atom is 0.169 e. The number of hydrogen-bond acceptors (Lipinski definition) is 4. The van der Waals surface area contributed by atoms with Crippen molar-refractivity contribution >= 4 is 22.7 Å². The summed E-state index contributed by atoms with van der Waals surface area (Å²) in [5, 5.41) is 3.41. The van der Waals surface area contributed by atoms with E-state index in [2.05, 4.69) is 36.1 Å². The summed E-state index contributed by atoms with van der Waals surface area (Å²) in [7, 11) is 0. The number of rotatable bonds is 5. The Balaban J connectivity index is 2.27. The summed E-state index contributed by atoms with van der Waals surface area (Å²) < 4.78 is 0. The summed E-state index contributed by atoms with van der Waals surface area (Å²) in [5.74, 6) is 1.78. The number of nitrogen functional groups attached to an aromatic ring is 1. The van der Waals surface area contributed by atoms with Crippen LogP contribution in [0.3, 0.4) is 0 Å². The van der Waals surface area contributed by atoms with Crippen molar-refractivity contribution in [2.75, 3.05) is 11.1 Å². The van der Waals surface area contributed by atoms with E-state index in [-0.39, 0.29) is 0 Å². The second-order valence-corrected chi connectivity index (χ2v) is 4.96. The van der Waals surface area contributed by atoms with Crippen LogP contribution in [0.2, 0.25) is 0 Å². The normalized spacial score (nSPS) is 12.8. The molecular formula is C15H22N4. The number of nitrogens with one attached hydrogen (secondary N) is 1. The van der Waals surface area contributed by atoms with Crippen LogP contribution in [0.5, 0.6) is 0 Å². The predicted octanol–water partition coefficient (Wildman–Crippen LogP) is 3.45. The SMILES string of the molecule is CCC(CC)C(C)Nc1nc2ccccc2nc1N. The van der Waals surface area contributed by atoms with E-state index < -0.39 is 0 Å². The zero-order valence-electron chi connectivity index (χ0n) is 11.9. The highest BCUT2D eigenvalue weighted by Crippen LogP contribution is 2.22. The second kappa shape index (κ2) is 5.87. The van der Waals surface area contributed by atoms with Gasteiger partial charge in [0, 0.05) is 6.04 Å². The van der Waals surface area contributed by atoms with Crippen molar-refractivity contribution in [2.45, 2.75) is 39.7 Å². The summed E-state index contributed by atoms with van der Waals surface area (Å²) in [6.07, 6.45) is 2.29. The lowest BCUT2D eigenvalue weighted by Crippen LogP contribution is -2.26.